The molecule has 1 heterocycles. The fourth-order valence-electron chi connectivity index (χ4n) is 2.50. The summed E-state index contributed by atoms with van der Waals surface area (Å²) in [5, 5.41) is 11.5. The van der Waals surface area contributed by atoms with Crippen molar-refractivity contribution < 1.29 is 24.2 Å². The van der Waals surface area contributed by atoms with E-state index in [1.807, 2.05) is 13.8 Å². The molecule has 0 aromatic carbocycles. The van der Waals surface area contributed by atoms with Gasteiger partial charge in [0.15, 0.2) is 0 Å². The molecule has 7 nitrogen and oxygen atoms in total. The van der Waals surface area contributed by atoms with Crippen molar-refractivity contribution in [1.82, 2.24) is 10.2 Å². The topological polar surface area (TPSA) is 95.9 Å². The molecule has 2 amide bonds. The fourth-order valence-corrected chi connectivity index (χ4v) is 2.50. The molecule has 0 bridgehead atoms. The summed E-state index contributed by atoms with van der Waals surface area (Å²) in [6.45, 7) is 3.87. The molecule has 20 heavy (non-hydrogen) atoms. The third-order valence-corrected chi connectivity index (χ3v) is 3.62. The lowest BCUT2D eigenvalue weighted by atomic mass is 9.98. The van der Waals surface area contributed by atoms with Crippen LogP contribution in [0, 0.1) is 0 Å². The van der Waals surface area contributed by atoms with E-state index in [0.717, 1.165) is 19.3 Å². The molecule has 0 spiro atoms. The molecule has 1 fully saturated rings. The van der Waals surface area contributed by atoms with Gasteiger partial charge in [-0.25, -0.2) is 9.59 Å². The molecule has 0 aromatic heterocycles. The van der Waals surface area contributed by atoms with E-state index in [4.69, 9.17) is 5.11 Å². The number of hydrogen-bond acceptors (Lipinski definition) is 4. The van der Waals surface area contributed by atoms with Crippen LogP contribution in [0.1, 0.15) is 39.5 Å². The van der Waals surface area contributed by atoms with Crippen LogP contribution < -0.4 is 5.32 Å². The van der Waals surface area contributed by atoms with Gasteiger partial charge in [0.05, 0.1) is 13.5 Å². The number of nitrogens with zero attached hydrogens (tertiary/aromatic N) is 1. The normalized spacial score (nSPS) is 23.9. The van der Waals surface area contributed by atoms with Crippen LogP contribution in [0.4, 0.5) is 4.79 Å². The first-order valence-electron chi connectivity index (χ1n) is 6.75. The minimum atomic E-state index is -1.27. The summed E-state index contributed by atoms with van der Waals surface area (Å²) in [4.78, 5) is 36.1. The first-order valence-corrected chi connectivity index (χ1v) is 6.75. The number of methoxy groups -OCH3 is 1. The summed E-state index contributed by atoms with van der Waals surface area (Å²) < 4.78 is 4.43. The number of aliphatic carboxylic acids is 1. The second-order valence-electron chi connectivity index (χ2n) is 5.16. The van der Waals surface area contributed by atoms with E-state index in [2.05, 4.69) is 10.1 Å². The molecule has 1 rings (SSSR count). The van der Waals surface area contributed by atoms with Crippen molar-refractivity contribution in [2.45, 2.75) is 57.7 Å². The van der Waals surface area contributed by atoms with E-state index in [0.29, 0.717) is 0 Å². The lowest BCUT2D eigenvalue weighted by Crippen LogP contribution is -2.55. The number of carbonyl (C=O) groups excluding carboxylic acids is 2. The average Bonchev–Trinajstić information content (AvgIpc) is 2.37. The van der Waals surface area contributed by atoms with Gasteiger partial charge in [0.2, 0.25) is 0 Å². The van der Waals surface area contributed by atoms with Crippen LogP contribution in [0.2, 0.25) is 0 Å². The molecule has 0 saturated carbocycles. The number of likely N-dealkylation sites (tertiary alicyclic amines) is 1. The number of esters is 1. The molecular formula is C13H22N2O5. The predicted molar refractivity (Wildman–Crippen MR) is 71.2 cm³/mol. The largest absolute Gasteiger partial charge is 0.480 e. The van der Waals surface area contributed by atoms with Crippen molar-refractivity contribution in [1.29, 1.82) is 0 Å². The van der Waals surface area contributed by atoms with Crippen molar-refractivity contribution >= 4 is 18.0 Å². The Morgan fingerprint density at radius 1 is 1.30 bits per heavy atom. The minimum Gasteiger partial charge on any atom is -0.480 e. The monoisotopic (exact) mass is 286 g/mol. The van der Waals surface area contributed by atoms with Crippen LogP contribution in [-0.4, -0.2) is 53.2 Å². The van der Waals surface area contributed by atoms with Gasteiger partial charge in [-0.3, -0.25) is 4.79 Å². The number of amides is 2. The zero-order valence-electron chi connectivity index (χ0n) is 12.1. The molecule has 3 atom stereocenters. The Kier molecular flexibility index (Phi) is 5.79. The Morgan fingerprint density at radius 3 is 2.30 bits per heavy atom. The second kappa shape index (κ2) is 7.12. The van der Waals surface area contributed by atoms with E-state index < -0.39 is 24.0 Å². The Balaban J connectivity index is 2.69. The zero-order chi connectivity index (χ0) is 15.3. The van der Waals surface area contributed by atoms with Crippen LogP contribution in [0.25, 0.3) is 0 Å². The van der Waals surface area contributed by atoms with Gasteiger partial charge in [0, 0.05) is 12.1 Å². The number of ether oxygens (including phenoxy) is 1. The van der Waals surface area contributed by atoms with Crippen molar-refractivity contribution in [2.24, 2.45) is 0 Å². The Hall–Kier alpha value is -1.79. The minimum absolute atomic E-state index is 0.0614. The predicted octanol–water partition coefficient (Wildman–Crippen LogP) is 0.975. The molecule has 1 aliphatic rings. The van der Waals surface area contributed by atoms with Crippen molar-refractivity contribution in [3.8, 4) is 0 Å². The SMILES string of the molecule is COC(=O)C[C@H](NC(=O)N1[C@H](C)CCC[C@@H]1C)C(=O)O. The molecule has 0 radical (unpaired) electrons. The highest BCUT2D eigenvalue weighted by atomic mass is 16.5. The van der Waals surface area contributed by atoms with Crippen LogP contribution in [-0.2, 0) is 14.3 Å². The van der Waals surface area contributed by atoms with Crippen LogP contribution in [0.15, 0.2) is 0 Å². The molecule has 7 heteroatoms. The maximum Gasteiger partial charge on any atom is 0.326 e. The average molecular weight is 286 g/mol. The van der Waals surface area contributed by atoms with Gasteiger partial charge in [-0.15, -0.1) is 0 Å². The van der Waals surface area contributed by atoms with E-state index >= 15 is 0 Å². The lowest BCUT2D eigenvalue weighted by Gasteiger charge is -2.39. The van der Waals surface area contributed by atoms with Gasteiger partial charge in [-0.2, -0.15) is 0 Å². The van der Waals surface area contributed by atoms with Gasteiger partial charge in [-0.05, 0) is 33.1 Å². The van der Waals surface area contributed by atoms with E-state index in [1.165, 1.54) is 7.11 Å². The number of rotatable bonds is 4. The molecule has 0 aliphatic carbocycles. The standard InChI is InChI=1S/C13H22N2O5/c1-8-5-4-6-9(2)15(8)13(19)14-10(12(17)18)7-11(16)20-3/h8-10H,4-7H2,1-3H3,(H,14,19)(H,17,18)/t8-,9+,10-/m0/s1. The van der Waals surface area contributed by atoms with Crippen molar-refractivity contribution in [3.05, 3.63) is 0 Å². The van der Waals surface area contributed by atoms with Crippen molar-refractivity contribution in [2.75, 3.05) is 7.11 Å². The third kappa shape index (κ3) is 4.11. The Labute approximate surface area is 118 Å². The third-order valence-electron chi connectivity index (χ3n) is 3.62. The second-order valence-corrected chi connectivity index (χ2v) is 5.16. The van der Waals surface area contributed by atoms with Gasteiger partial charge in [0.1, 0.15) is 6.04 Å². The number of hydrogen-bond donors (Lipinski definition) is 2. The highest BCUT2D eigenvalue weighted by Crippen LogP contribution is 2.22. The van der Waals surface area contributed by atoms with E-state index in [9.17, 15) is 14.4 Å². The molecule has 114 valence electrons. The Bertz CT molecular complexity index is 375. The van der Waals surface area contributed by atoms with Gasteiger partial charge < -0.3 is 20.1 Å². The molecular weight excluding hydrogens is 264 g/mol. The number of carboxylic acid groups (broad SMARTS) is 1. The molecule has 1 aliphatic heterocycles. The van der Waals surface area contributed by atoms with Crippen LogP contribution >= 0.6 is 0 Å². The summed E-state index contributed by atoms with van der Waals surface area (Å²) in [6.07, 6.45) is 2.46. The summed E-state index contributed by atoms with van der Waals surface area (Å²) in [6, 6.07) is -1.59. The number of piperidine rings is 1. The van der Waals surface area contributed by atoms with E-state index in [-0.39, 0.29) is 18.5 Å². The first kappa shape index (κ1) is 16.3. The lowest BCUT2D eigenvalue weighted by molar-refractivity contribution is -0.147. The maximum absolute atomic E-state index is 12.2. The van der Waals surface area contributed by atoms with Crippen molar-refractivity contribution in [3.63, 3.8) is 0 Å². The van der Waals surface area contributed by atoms with Gasteiger partial charge >= 0.3 is 18.0 Å². The van der Waals surface area contributed by atoms with Gasteiger partial charge in [0.25, 0.3) is 0 Å². The number of carboxylic acids is 1. The highest BCUT2D eigenvalue weighted by Gasteiger charge is 2.32. The van der Waals surface area contributed by atoms with E-state index in [1.54, 1.807) is 4.90 Å². The molecule has 0 unspecified atom stereocenters. The molecule has 1 saturated heterocycles. The zero-order valence-corrected chi connectivity index (χ0v) is 12.1. The highest BCUT2D eigenvalue weighted by molar-refractivity contribution is 5.86. The molecule has 0 aromatic rings. The summed E-state index contributed by atoms with van der Waals surface area (Å²) in [5.74, 6) is -1.92. The maximum atomic E-state index is 12.2. The summed E-state index contributed by atoms with van der Waals surface area (Å²) >= 11 is 0. The van der Waals surface area contributed by atoms with Crippen LogP contribution in [0.5, 0.6) is 0 Å². The number of carbonyl (C=O) groups is 3. The number of urea groups is 1. The first-order chi connectivity index (χ1) is 9.36. The smallest absolute Gasteiger partial charge is 0.326 e. The number of nitrogens with one attached hydrogen (secondary N) is 1. The quantitative estimate of drug-likeness (QED) is 0.751. The summed E-state index contributed by atoms with van der Waals surface area (Å²) in [7, 11) is 1.18. The molecule has 2 N–H and O–H groups in total. The van der Waals surface area contributed by atoms with Crippen LogP contribution in [0.3, 0.4) is 0 Å². The fraction of sp³-hybridized carbons (Fsp3) is 0.769. The Morgan fingerprint density at radius 2 is 1.85 bits per heavy atom. The summed E-state index contributed by atoms with van der Waals surface area (Å²) in [5.41, 5.74) is 0. The van der Waals surface area contributed by atoms with Gasteiger partial charge in [-0.1, -0.05) is 0 Å².